The van der Waals surface area contributed by atoms with Crippen molar-refractivity contribution in [3.8, 4) is 0 Å². The highest BCUT2D eigenvalue weighted by Crippen LogP contribution is 2.29. The summed E-state index contributed by atoms with van der Waals surface area (Å²) in [6.07, 6.45) is 2.00. The van der Waals surface area contributed by atoms with Gasteiger partial charge < -0.3 is 10.1 Å². The zero-order chi connectivity index (χ0) is 15.5. The molecule has 0 aromatic carbocycles. The number of aryl methyl sites for hydroxylation is 1. The normalized spacial score (nSPS) is 19.5. The first-order chi connectivity index (χ1) is 9.98. The van der Waals surface area contributed by atoms with Gasteiger partial charge in [0.05, 0.1) is 6.10 Å². The van der Waals surface area contributed by atoms with E-state index in [0.717, 1.165) is 29.9 Å². The number of nitrogens with one attached hydrogen (secondary N) is 1. The molecule has 0 spiro atoms. The minimum atomic E-state index is -3.41. The van der Waals surface area contributed by atoms with Crippen molar-refractivity contribution in [2.75, 3.05) is 26.7 Å². The van der Waals surface area contributed by atoms with Crippen LogP contribution in [-0.2, 0) is 21.3 Å². The summed E-state index contributed by atoms with van der Waals surface area (Å²) in [7, 11) is -1.55. The van der Waals surface area contributed by atoms with Crippen molar-refractivity contribution in [3.05, 3.63) is 16.5 Å². The maximum atomic E-state index is 12.8. The Morgan fingerprint density at radius 3 is 2.86 bits per heavy atom. The van der Waals surface area contributed by atoms with Crippen LogP contribution in [0.3, 0.4) is 0 Å². The molecular weight excluding hydrogens is 308 g/mol. The number of likely N-dealkylation sites (N-methyl/N-ethyl adjacent to an activating group) is 1. The van der Waals surface area contributed by atoms with Crippen LogP contribution < -0.4 is 5.32 Å². The van der Waals surface area contributed by atoms with Crippen molar-refractivity contribution in [1.29, 1.82) is 0 Å². The van der Waals surface area contributed by atoms with Gasteiger partial charge in [0.25, 0.3) is 10.0 Å². The molecule has 7 heteroatoms. The van der Waals surface area contributed by atoms with Gasteiger partial charge in [-0.05, 0) is 38.4 Å². The third kappa shape index (κ3) is 3.84. The molecule has 1 aliphatic rings. The fraction of sp³-hybridized carbons (Fsp3) is 0.714. The predicted molar refractivity (Wildman–Crippen MR) is 85.2 cm³/mol. The van der Waals surface area contributed by atoms with Gasteiger partial charge in [-0.25, -0.2) is 8.42 Å². The number of rotatable bonds is 7. The lowest BCUT2D eigenvalue weighted by Crippen LogP contribution is -2.36. The smallest absolute Gasteiger partial charge is 0.252 e. The Balaban J connectivity index is 2.19. The van der Waals surface area contributed by atoms with E-state index in [2.05, 4.69) is 5.32 Å². The largest absolute Gasteiger partial charge is 0.377 e. The lowest BCUT2D eigenvalue weighted by molar-refractivity contribution is 0.0947. The second kappa shape index (κ2) is 7.19. The fourth-order valence-electron chi connectivity index (χ4n) is 2.49. The van der Waals surface area contributed by atoms with Crippen LogP contribution in [0, 0.1) is 6.92 Å². The van der Waals surface area contributed by atoms with Crippen LogP contribution in [0.25, 0.3) is 0 Å². The number of sulfonamides is 1. The van der Waals surface area contributed by atoms with Crippen LogP contribution in [0.1, 0.15) is 30.2 Å². The van der Waals surface area contributed by atoms with Crippen LogP contribution in [0.5, 0.6) is 0 Å². The summed E-state index contributed by atoms with van der Waals surface area (Å²) in [5.74, 6) is 0. The summed E-state index contributed by atoms with van der Waals surface area (Å²) >= 11 is 1.36. The topological polar surface area (TPSA) is 58.6 Å². The van der Waals surface area contributed by atoms with E-state index in [1.54, 1.807) is 6.07 Å². The molecule has 2 rings (SSSR count). The monoisotopic (exact) mass is 332 g/mol. The van der Waals surface area contributed by atoms with Crippen LogP contribution in [0.2, 0.25) is 0 Å². The molecule has 1 aliphatic heterocycles. The molecule has 5 nitrogen and oxygen atoms in total. The molecule has 1 N–H and O–H groups in total. The summed E-state index contributed by atoms with van der Waals surface area (Å²) < 4.78 is 33.1. The summed E-state index contributed by atoms with van der Waals surface area (Å²) in [6, 6.07) is 1.78. The minimum Gasteiger partial charge on any atom is -0.377 e. The number of hydrogen-bond acceptors (Lipinski definition) is 5. The Kier molecular flexibility index (Phi) is 5.79. The molecule has 1 atom stereocenters. The summed E-state index contributed by atoms with van der Waals surface area (Å²) in [6.45, 7) is 6.20. The van der Waals surface area contributed by atoms with Crippen LogP contribution >= 0.6 is 11.3 Å². The summed E-state index contributed by atoms with van der Waals surface area (Å²) in [5, 5.41) is 3.07. The van der Waals surface area contributed by atoms with Crippen LogP contribution in [0.4, 0.5) is 0 Å². The second-order valence-corrected chi connectivity index (χ2v) is 8.59. The van der Waals surface area contributed by atoms with Gasteiger partial charge >= 0.3 is 0 Å². The molecule has 0 saturated carbocycles. The number of hydrogen-bond donors (Lipinski definition) is 1. The lowest BCUT2D eigenvalue weighted by atomic mass is 10.2. The molecule has 1 aromatic heterocycles. The Labute approximate surface area is 131 Å². The molecule has 0 aliphatic carbocycles. The highest BCUT2D eigenvalue weighted by Gasteiger charge is 2.29. The van der Waals surface area contributed by atoms with Gasteiger partial charge in [-0.3, -0.25) is 0 Å². The van der Waals surface area contributed by atoms with E-state index in [-0.39, 0.29) is 6.10 Å². The second-order valence-electron chi connectivity index (χ2n) is 5.29. The van der Waals surface area contributed by atoms with Crippen molar-refractivity contribution in [3.63, 3.8) is 0 Å². The maximum Gasteiger partial charge on any atom is 0.252 e. The van der Waals surface area contributed by atoms with Crippen molar-refractivity contribution >= 4 is 21.4 Å². The molecule has 0 amide bonds. The maximum absolute atomic E-state index is 12.8. The molecule has 2 heterocycles. The number of thiophene rings is 1. The van der Waals surface area contributed by atoms with Gasteiger partial charge in [0.15, 0.2) is 0 Å². The van der Waals surface area contributed by atoms with Gasteiger partial charge in [0, 0.05) is 31.1 Å². The standard InChI is InChI=1S/C14H24N2O3S2/c1-4-16(10-12-6-5-7-19-12)21(17,18)14-8-11(2)13(20-14)9-15-3/h8,12,15H,4-7,9-10H2,1-3H3. The average molecular weight is 332 g/mol. The lowest BCUT2D eigenvalue weighted by Gasteiger charge is -2.22. The highest BCUT2D eigenvalue weighted by atomic mass is 32.2. The zero-order valence-corrected chi connectivity index (χ0v) is 14.5. The molecule has 0 bridgehead atoms. The molecule has 1 saturated heterocycles. The van der Waals surface area contributed by atoms with Crippen molar-refractivity contribution in [1.82, 2.24) is 9.62 Å². The summed E-state index contributed by atoms with van der Waals surface area (Å²) in [4.78, 5) is 1.07. The van der Waals surface area contributed by atoms with E-state index in [1.807, 2.05) is 20.9 Å². The van der Waals surface area contributed by atoms with E-state index >= 15 is 0 Å². The Hall–Kier alpha value is -0.470. The van der Waals surface area contributed by atoms with Crippen molar-refractivity contribution in [2.45, 2.75) is 43.5 Å². The first-order valence-electron chi connectivity index (χ1n) is 7.34. The van der Waals surface area contributed by atoms with E-state index in [0.29, 0.717) is 23.8 Å². The third-order valence-electron chi connectivity index (χ3n) is 3.71. The van der Waals surface area contributed by atoms with Gasteiger partial charge in [-0.2, -0.15) is 4.31 Å². The molecule has 21 heavy (non-hydrogen) atoms. The van der Waals surface area contributed by atoms with Crippen LogP contribution in [0.15, 0.2) is 10.3 Å². The van der Waals surface area contributed by atoms with Gasteiger partial charge in [-0.15, -0.1) is 11.3 Å². The quantitative estimate of drug-likeness (QED) is 0.829. The molecule has 120 valence electrons. The fourth-order valence-corrected chi connectivity index (χ4v) is 5.73. The van der Waals surface area contributed by atoms with E-state index in [4.69, 9.17) is 4.74 Å². The molecule has 1 fully saturated rings. The van der Waals surface area contributed by atoms with Crippen molar-refractivity contribution in [2.24, 2.45) is 0 Å². The molecule has 0 radical (unpaired) electrons. The summed E-state index contributed by atoms with van der Waals surface area (Å²) in [5.41, 5.74) is 1.03. The molecular formula is C14H24N2O3S2. The Bertz CT molecular complexity index is 563. The number of ether oxygens (including phenoxy) is 1. The van der Waals surface area contributed by atoms with Gasteiger partial charge in [0.1, 0.15) is 4.21 Å². The van der Waals surface area contributed by atoms with E-state index < -0.39 is 10.0 Å². The van der Waals surface area contributed by atoms with Gasteiger partial charge in [0.2, 0.25) is 0 Å². The number of nitrogens with zero attached hydrogens (tertiary/aromatic N) is 1. The average Bonchev–Trinajstić information content (AvgIpc) is 3.07. The van der Waals surface area contributed by atoms with Crippen LogP contribution in [-0.4, -0.2) is 45.6 Å². The SMILES string of the molecule is CCN(CC1CCCO1)S(=O)(=O)c1cc(C)c(CNC)s1. The molecule has 1 unspecified atom stereocenters. The van der Waals surface area contributed by atoms with Gasteiger partial charge in [-0.1, -0.05) is 6.92 Å². The molecule has 1 aromatic rings. The first-order valence-corrected chi connectivity index (χ1v) is 9.60. The van der Waals surface area contributed by atoms with Crippen molar-refractivity contribution < 1.29 is 13.2 Å². The first kappa shape index (κ1) is 16.9. The highest BCUT2D eigenvalue weighted by molar-refractivity contribution is 7.91. The third-order valence-corrected chi connectivity index (χ3v) is 7.34. The predicted octanol–water partition coefficient (Wildman–Crippen LogP) is 1.97. The van der Waals surface area contributed by atoms with E-state index in [1.165, 1.54) is 15.6 Å². The Morgan fingerprint density at radius 1 is 1.52 bits per heavy atom. The minimum absolute atomic E-state index is 0.0394. The Morgan fingerprint density at radius 2 is 2.29 bits per heavy atom. The van der Waals surface area contributed by atoms with E-state index in [9.17, 15) is 8.42 Å². The zero-order valence-electron chi connectivity index (χ0n) is 12.9.